The summed E-state index contributed by atoms with van der Waals surface area (Å²) < 4.78 is 0.501. The van der Waals surface area contributed by atoms with Crippen molar-refractivity contribution in [3.8, 4) is 0 Å². The van der Waals surface area contributed by atoms with E-state index < -0.39 is 23.1 Å². The fourth-order valence-electron chi connectivity index (χ4n) is 1.13. The Kier molecular flexibility index (Phi) is 3.93. The van der Waals surface area contributed by atoms with Crippen LogP contribution in [0.1, 0.15) is 5.56 Å². The van der Waals surface area contributed by atoms with Crippen molar-refractivity contribution >= 4 is 40.0 Å². The lowest BCUT2D eigenvalue weighted by molar-refractivity contribution is -0.385. The number of hydrogen-bond acceptors (Lipinski definition) is 4. The molecule has 0 radical (unpaired) electrons. The summed E-state index contributed by atoms with van der Waals surface area (Å²) in [5, 5.41) is 19.1. The van der Waals surface area contributed by atoms with E-state index >= 15 is 0 Å². The topological polar surface area (TPSA) is 97.5 Å². The zero-order valence-corrected chi connectivity index (χ0v) is 10.0. The van der Waals surface area contributed by atoms with Crippen molar-refractivity contribution in [1.82, 2.24) is 0 Å². The molecule has 1 aromatic rings. The number of carboxylic acid groups (broad SMARTS) is 1. The molecule has 84 valence electrons. The molecule has 0 spiro atoms. The van der Waals surface area contributed by atoms with Crippen molar-refractivity contribution in [2.75, 3.05) is 0 Å². The number of halogens is 1. The predicted octanol–water partition coefficient (Wildman–Crippen LogP) is 1.40. The van der Waals surface area contributed by atoms with E-state index in [1.165, 1.54) is 12.1 Å². The molecule has 0 atom stereocenters. The molecule has 0 aromatic heterocycles. The van der Waals surface area contributed by atoms with Gasteiger partial charge in [-0.15, -0.1) is 0 Å². The highest BCUT2D eigenvalue weighted by Crippen LogP contribution is 2.24. The standard InChI is InChI=1S/C9H6INO5/c10-6-2-1-3-7(11(15)16)5(6)4-8(12)9(13)14/h1-3H,4H2,(H,13,14). The average Bonchev–Trinajstić information content (AvgIpc) is 2.20. The third kappa shape index (κ3) is 2.75. The number of carbonyl (C=O) groups is 2. The molecule has 0 fully saturated rings. The molecular weight excluding hydrogens is 329 g/mol. The second kappa shape index (κ2) is 5.01. The quantitative estimate of drug-likeness (QED) is 0.388. The molecule has 1 rings (SSSR count). The Labute approximate surface area is 104 Å². The number of benzene rings is 1. The Balaban J connectivity index is 3.16. The maximum Gasteiger partial charge on any atom is 0.372 e. The highest BCUT2D eigenvalue weighted by Gasteiger charge is 2.22. The van der Waals surface area contributed by atoms with Gasteiger partial charge in [0, 0.05) is 9.64 Å². The van der Waals surface area contributed by atoms with Gasteiger partial charge in [-0.1, -0.05) is 6.07 Å². The smallest absolute Gasteiger partial charge is 0.372 e. The summed E-state index contributed by atoms with van der Waals surface area (Å²) in [6.07, 6.45) is -0.468. The van der Waals surface area contributed by atoms with Gasteiger partial charge in [0.05, 0.1) is 16.9 Å². The first-order valence-electron chi connectivity index (χ1n) is 4.11. The predicted molar refractivity (Wildman–Crippen MR) is 62.2 cm³/mol. The first-order chi connectivity index (χ1) is 7.43. The molecule has 0 amide bonds. The monoisotopic (exact) mass is 335 g/mol. The number of Topliss-reactive ketones (excluding diaryl/α,β-unsaturated/α-hetero) is 1. The molecule has 16 heavy (non-hydrogen) atoms. The molecule has 6 nitrogen and oxygen atoms in total. The van der Waals surface area contributed by atoms with E-state index in [2.05, 4.69) is 0 Å². The maximum atomic E-state index is 11.0. The minimum absolute atomic E-state index is 0.139. The minimum Gasteiger partial charge on any atom is -0.475 e. The van der Waals surface area contributed by atoms with Crippen LogP contribution in [0.5, 0.6) is 0 Å². The SMILES string of the molecule is O=C(O)C(=O)Cc1c(I)cccc1[N+](=O)[O-]. The van der Waals surface area contributed by atoms with Gasteiger partial charge in [0.15, 0.2) is 0 Å². The van der Waals surface area contributed by atoms with Crippen LogP contribution in [0.25, 0.3) is 0 Å². The van der Waals surface area contributed by atoms with Crippen LogP contribution in [0.2, 0.25) is 0 Å². The van der Waals surface area contributed by atoms with Crippen molar-refractivity contribution in [3.05, 3.63) is 37.4 Å². The van der Waals surface area contributed by atoms with E-state index in [9.17, 15) is 19.7 Å². The van der Waals surface area contributed by atoms with Gasteiger partial charge < -0.3 is 5.11 Å². The van der Waals surface area contributed by atoms with Gasteiger partial charge in [-0.2, -0.15) is 0 Å². The molecule has 0 unspecified atom stereocenters. The summed E-state index contributed by atoms with van der Waals surface area (Å²) >= 11 is 1.83. The Morgan fingerprint density at radius 3 is 2.56 bits per heavy atom. The average molecular weight is 335 g/mol. The van der Waals surface area contributed by atoms with Gasteiger partial charge in [0.1, 0.15) is 0 Å². The molecule has 0 saturated heterocycles. The van der Waals surface area contributed by atoms with Crippen molar-refractivity contribution < 1.29 is 19.6 Å². The van der Waals surface area contributed by atoms with Crippen LogP contribution < -0.4 is 0 Å². The van der Waals surface area contributed by atoms with E-state index in [1.54, 1.807) is 6.07 Å². The van der Waals surface area contributed by atoms with Gasteiger partial charge in [-0.3, -0.25) is 14.9 Å². The molecule has 1 aromatic carbocycles. The Morgan fingerprint density at radius 2 is 2.06 bits per heavy atom. The van der Waals surface area contributed by atoms with E-state index in [0.29, 0.717) is 3.57 Å². The van der Waals surface area contributed by atoms with Crippen molar-refractivity contribution in [3.63, 3.8) is 0 Å². The number of carboxylic acids is 1. The van der Waals surface area contributed by atoms with Crippen molar-refractivity contribution in [2.45, 2.75) is 6.42 Å². The lowest BCUT2D eigenvalue weighted by atomic mass is 10.1. The van der Waals surface area contributed by atoms with Gasteiger partial charge in [-0.05, 0) is 28.7 Å². The van der Waals surface area contributed by atoms with E-state index in [-0.39, 0.29) is 11.3 Å². The largest absolute Gasteiger partial charge is 0.475 e. The number of aliphatic carboxylic acids is 1. The molecule has 0 saturated carbocycles. The molecular formula is C9H6INO5. The van der Waals surface area contributed by atoms with E-state index in [0.717, 1.165) is 0 Å². The van der Waals surface area contributed by atoms with Crippen LogP contribution in [0.4, 0.5) is 5.69 Å². The van der Waals surface area contributed by atoms with E-state index in [1.807, 2.05) is 22.6 Å². The van der Waals surface area contributed by atoms with Gasteiger partial charge in [-0.25, -0.2) is 4.79 Å². The first kappa shape index (κ1) is 12.6. The fraction of sp³-hybridized carbons (Fsp3) is 0.111. The third-order valence-corrected chi connectivity index (χ3v) is 2.88. The normalized spacial score (nSPS) is 9.81. The highest BCUT2D eigenvalue weighted by molar-refractivity contribution is 14.1. The number of carbonyl (C=O) groups excluding carboxylic acids is 1. The molecule has 0 heterocycles. The van der Waals surface area contributed by atoms with Crippen molar-refractivity contribution in [1.29, 1.82) is 0 Å². The highest BCUT2D eigenvalue weighted by atomic mass is 127. The summed E-state index contributed by atoms with van der Waals surface area (Å²) in [7, 11) is 0. The zero-order valence-electron chi connectivity index (χ0n) is 7.84. The second-order valence-electron chi connectivity index (χ2n) is 2.90. The molecule has 1 N–H and O–H groups in total. The fourth-order valence-corrected chi connectivity index (χ4v) is 1.80. The third-order valence-electron chi connectivity index (χ3n) is 1.87. The molecule has 0 aliphatic carbocycles. The summed E-state index contributed by atoms with van der Waals surface area (Å²) in [5.41, 5.74) is -0.0954. The second-order valence-corrected chi connectivity index (χ2v) is 4.06. The van der Waals surface area contributed by atoms with Crippen LogP contribution in [-0.2, 0) is 16.0 Å². The van der Waals surface area contributed by atoms with Crippen LogP contribution in [-0.4, -0.2) is 21.8 Å². The number of rotatable bonds is 4. The summed E-state index contributed by atoms with van der Waals surface area (Å²) in [4.78, 5) is 31.4. The van der Waals surface area contributed by atoms with E-state index in [4.69, 9.17) is 5.11 Å². The lowest BCUT2D eigenvalue weighted by Gasteiger charge is -2.02. The molecule has 0 aliphatic heterocycles. The number of ketones is 1. The number of hydrogen-bond donors (Lipinski definition) is 1. The first-order valence-corrected chi connectivity index (χ1v) is 5.19. The van der Waals surface area contributed by atoms with Crippen LogP contribution in [0, 0.1) is 13.7 Å². The number of nitro groups is 1. The van der Waals surface area contributed by atoms with Crippen LogP contribution in [0.3, 0.4) is 0 Å². The number of nitro benzene ring substituents is 1. The van der Waals surface area contributed by atoms with Gasteiger partial charge in [0.2, 0.25) is 5.78 Å². The molecule has 0 aliphatic rings. The lowest BCUT2D eigenvalue weighted by Crippen LogP contribution is -2.16. The Hall–Kier alpha value is -1.51. The van der Waals surface area contributed by atoms with Gasteiger partial charge >= 0.3 is 5.97 Å². The zero-order chi connectivity index (χ0) is 12.3. The maximum absolute atomic E-state index is 11.0. The van der Waals surface area contributed by atoms with Gasteiger partial charge in [0.25, 0.3) is 5.69 Å². The summed E-state index contributed by atoms with van der Waals surface area (Å²) in [6, 6.07) is 4.30. The number of nitrogens with zero attached hydrogens (tertiary/aromatic N) is 1. The van der Waals surface area contributed by atoms with Crippen LogP contribution >= 0.6 is 22.6 Å². The Morgan fingerprint density at radius 1 is 1.44 bits per heavy atom. The minimum atomic E-state index is -1.59. The van der Waals surface area contributed by atoms with Crippen LogP contribution in [0.15, 0.2) is 18.2 Å². The Bertz CT molecular complexity index is 471. The summed E-state index contributed by atoms with van der Waals surface area (Å²) in [6.45, 7) is 0. The summed E-state index contributed by atoms with van der Waals surface area (Å²) in [5.74, 6) is -2.65. The van der Waals surface area contributed by atoms with Crippen molar-refractivity contribution in [2.24, 2.45) is 0 Å². The molecule has 0 bridgehead atoms. The molecule has 7 heteroatoms.